The van der Waals surface area contributed by atoms with E-state index in [1.54, 1.807) is 17.0 Å². The maximum Gasteiger partial charge on any atom is 0.406 e. The summed E-state index contributed by atoms with van der Waals surface area (Å²) in [6, 6.07) is 0. The van der Waals surface area contributed by atoms with Crippen LogP contribution in [0.4, 0.5) is 13.2 Å². The lowest BCUT2D eigenvalue weighted by Crippen LogP contribution is -2.47. The Balaban J connectivity index is 2.01. The highest BCUT2D eigenvalue weighted by molar-refractivity contribution is 5.76. The molecule has 1 saturated heterocycles. The zero-order chi connectivity index (χ0) is 15.0. The van der Waals surface area contributed by atoms with Crippen molar-refractivity contribution in [1.82, 2.24) is 14.5 Å². The van der Waals surface area contributed by atoms with Crippen molar-refractivity contribution < 1.29 is 23.1 Å². The quantitative estimate of drug-likeness (QED) is 0.908. The summed E-state index contributed by atoms with van der Waals surface area (Å²) >= 11 is 0. The maximum absolute atomic E-state index is 13.0. The van der Waals surface area contributed by atoms with Gasteiger partial charge in [0.15, 0.2) is 5.41 Å². The molecule has 0 radical (unpaired) electrons. The lowest BCUT2D eigenvalue weighted by molar-refractivity contribution is -0.227. The van der Waals surface area contributed by atoms with Gasteiger partial charge in [0, 0.05) is 39.0 Å². The van der Waals surface area contributed by atoms with Crippen molar-refractivity contribution in [2.75, 3.05) is 19.6 Å². The predicted octanol–water partition coefficient (Wildman–Crippen LogP) is 1.30. The molecule has 0 spiro atoms. The number of hydrogen-bond donors (Lipinski definition) is 1. The fraction of sp³-hybridized carbons (Fsp3) is 0.667. The highest BCUT2D eigenvalue weighted by Crippen LogP contribution is 2.45. The SMILES string of the molecule is Cn1ccnc1CCN1CCC(C(=O)O)(C(F)(F)F)C1. The number of halogens is 3. The Bertz CT molecular complexity index is 500. The lowest BCUT2D eigenvalue weighted by atomic mass is 9.86. The summed E-state index contributed by atoms with van der Waals surface area (Å²) in [7, 11) is 1.81. The fourth-order valence-corrected chi connectivity index (χ4v) is 2.50. The van der Waals surface area contributed by atoms with Gasteiger partial charge in [0.05, 0.1) is 0 Å². The molecule has 0 aromatic carbocycles. The van der Waals surface area contributed by atoms with Crippen LogP contribution in [0.3, 0.4) is 0 Å². The van der Waals surface area contributed by atoms with Gasteiger partial charge in [-0.3, -0.25) is 4.79 Å². The van der Waals surface area contributed by atoms with E-state index in [0.717, 1.165) is 5.82 Å². The number of rotatable bonds is 4. The number of hydrogen-bond acceptors (Lipinski definition) is 3. The van der Waals surface area contributed by atoms with Crippen molar-refractivity contribution in [3.63, 3.8) is 0 Å². The van der Waals surface area contributed by atoms with Gasteiger partial charge in [-0.2, -0.15) is 13.2 Å². The number of likely N-dealkylation sites (tertiary alicyclic amines) is 1. The Hall–Kier alpha value is -1.57. The lowest BCUT2D eigenvalue weighted by Gasteiger charge is -2.27. The molecule has 2 heterocycles. The van der Waals surface area contributed by atoms with Crippen molar-refractivity contribution in [3.8, 4) is 0 Å². The number of aryl methyl sites for hydroxylation is 1. The van der Waals surface area contributed by atoms with Crippen molar-refractivity contribution in [1.29, 1.82) is 0 Å². The molecule has 1 aliphatic rings. The summed E-state index contributed by atoms with van der Waals surface area (Å²) in [5.41, 5.74) is -2.63. The van der Waals surface area contributed by atoms with Gasteiger partial charge in [0.2, 0.25) is 0 Å². The smallest absolute Gasteiger partial charge is 0.406 e. The van der Waals surface area contributed by atoms with Gasteiger partial charge in [-0.15, -0.1) is 0 Å². The number of carboxylic acid groups (broad SMARTS) is 1. The molecular formula is C12H16F3N3O2. The van der Waals surface area contributed by atoms with E-state index < -0.39 is 30.5 Å². The molecule has 2 rings (SSSR count). The molecule has 20 heavy (non-hydrogen) atoms. The molecule has 0 aliphatic carbocycles. The number of aromatic nitrogens is 2. The summed E-state index contributed by atoms with van der Waals surface area (Å²) in [5.74, 6) is -1.02. The van der Waals surface area contributed by atoms with Crippen LogP contribution in [-0.4, -0.2) is 51.3 Å². The number of alkyl halides is 3. The van der Waals surface area contributed by atoms with Crippen LogP contribution in [0, 0.1) is 5.41 Å². The van der Waals surface area contributed by atoms with Gasteiger partial charge in [0.1, 0.15) is 5.82 Å². The van der Waals surface area contributed by atoms with Gasteiger partial charge in [-0.1, -0.05) is 0 Å². The monoisotopic (exact) mass is 291 g/mol. The first-order valence-corrected chi connectivity index (χ1v) is 6.25. The van der Waals surface area contributed by atoms with Crippen molar-refractivity contribution >= 4 is 5.97 Å². The molecule has 0 amide bonds. The highest BCUT2D eigenvalue weighted by Gasteiger charge is 2.63. The van der Waals surface area contributed by atoms with Gasteiger partial charge >= 0.3 is 12.1 Å². The maximum atomic E-state index is 13.0. The number of aliphatic carboxylic acids is 1. The second-order valence-electron chi connectivity index (χ2n) is 5.12. The summed E-state index contributed by atoms with van der Waals surface area (Å²) < 4.78 is 40.8. The molecule has 0 saturated carbocycles. The highest BCUT2D eigenvalue weighted by atomic mass is 19.4. The average molecular weight is 291 g/mol. The summed E-state index contributed by atoms with van der Waals surface area (Å²) in [4.78, 5) is 16.7. The molecule has 112 valence electrons. The first-order chi connectivity index (χ1) is 9.26. The van der Waals surface area contributed by atoms with E-state index in [1.165, 1.54) is 4.90 Å². The van der Waals surface area contributed by atoms with E-state index in [0.29, 0.717) is 13.0 Å². The van der Waals surface area contributed by atoms with Gasteiger partial charge in [0.25, 0.3) is 0 Å². The van der Waals surface area contributed by atoms with E-state index in [2.05, 4.69) is 4.98 Å². The minimum Gasteiger partial charge on any atom is -0.481 e. The van der Waals surface area contributed by atoms with Crippen LogP contribution in [0.5, 0.6) is 0 Å². The van der Waals surface area contributed by atoms with E-state index in [-0.39, 0.29) is 6.54 Å². The van der Waals surface area contributed by atoms with Crippen LogP contribution >= 0.6 is 0 Å². The fourth-order valence-electron chi connectivity index (χ4n) is 2.50. The van der Waals surface area contributed by atoms with Crippen LogP contribution in [-0.2, 0) is 18.3 Å². The van der Waals surface area contributed by atoms with E-state index >= 15 is 0 Å². The third-order valence-corrected chi connectivity index (χ3v) is 3.87. The normalized spacial score (nSPS) is 24.2. The summed E-state index contributed by atoms with van der Waals surface area (Å²) in [6.07, 6.45) is -1.24. The molecule has 8 heteroatoms. The molecule has 1 aromatic rings. The third-order valence-electron chi connectivity index (χ3n) is 3.87. The zero-order valence-electron chi connectivity index (χ0n) is 11.0. The standard InChI is InChI=1S/C12H16F3N3O2/c1-17-7-4-16-9(17)2-5-18-6-3-11(8-18,10(19)20)12(13,14)15/h4,7H,2-3,5-6,8H2,1H3,(H,19,20). The largest absolute Gasteiger partial charge is 0.481 e. The van der Waals surface area contributed by atoms with E-state index in [1.807, 2.05) is 7.05 Å². The third kappa shape index (κ3) is 2.52. The van der Waals surface area contributed by atoms with Gasteiger partial charge < -0.3 is 14.6 Å². The molecule has 1 aliphatic heterocycles. The van der Waals surface area contributed by atoms with Crippen LogP contribution in [0.15, 0.2) is 12.4 Å². The number of carboxylic acids is 1. The molecule has 1 fully saturated rings. The van der Waals surface area contributed by atoms with Crippen molar-refractivity contribution in [3.05, 3.63) is 18.2 Å². The number of nitrogens with zero attached hydrogens (tertiary/aromatic N) is 3. The minimum absolute atomic E-state index is 0.135. The van der Waals surface area contributed by atoms with E-state index in [9.17, 15) is 18.0 Å². The summed E-state index contributed by atoms with van der Waals surface area (Å²) in [5, 5.41) is 8.95. The Morgan fingerprint density at radius 2 is 2.25 bits per heavy atom. The van der Waals surface area contributed by atoms with Crippen LogP contribution < -0.4 is 0 Å². The topological polar surface area (TPSA) is 58.4 Å². The Labute approximate surface area is 114 Å². The zero-order valence-corrected chi connectivity index (χ0v) is 11.0. The van der Waals surface area contributed by atoms with Crippen LogP contribution in [0.1, 0.15) is 12.2 Å². The second kappa shape index (κ2) is 5.08. The Morgan fingerprint density at radius 3 is 2.70 bits per heavy atom. The Morgan fingerprint density at radius 1 is 1.55 bits per heavy atom. The molecule has 0 bridgehead atoms. The Kier molecular flexibility index (Phi) is 3.77. The van der Waals surface area contributed by atoms with E-state index in [4.69, 9.17) is 5.11 Å². The molecule has 5 nitrogen and oxygen atoms in total. The molecule has 1 N–H and O–H groups in total. The average Bonchev–Trinajstić information content (AvgIpc) is 2.92. The minimum atomic E-state index is -4.73. The molecular weight excluding hydrogens is 275 g/mol. The molecule has 1 aromatic heterocycles. The van der Waals surface area contributed by atoms with Gasteiger partial charge in [-0.25, -0.2) is 4.98 Å². The predicted molar refractivity (Wildman–Crippen MR) is 64.1 cm³/mol. The van der Waals surface area contributed by atoms with Crippen LogP contribution in [0.2, 0.25) is 0 Å². The first kappa shape index (κ1) is 14.8. The molecule has 1 atom stereocenters. The van der Waals surface area contributed by atoms with Crippen molar-refractivity contribution in [2.45, 2.75) is 19.0 Å². The van der Waals surface area contributed by atoms with Crippen LogP contribution in [0.25, 0.3) is 0 Å². The van der Waals surface area contributed by atoms with Crippen molar-refractivity contribution in [2.24, 2.45) is 12.5 Å². The number of carbonyl (C=O) groups is 1. The second-order valence-corrected chi connectivity index (χ2v) is 5.12. The summed E-state index contributed by atoms with van der Waals surface area (Å²) in [6.45, 7) is 0.0163. The molecule has 1 unspecified atom stereocenters. The van der Waals surface area contributed by atoms with Gasteiger partial charge in [-0.05, 0) is 13.0 Å². The first-order valence-electron chi connectivity index (χ1n) is 6.25. The number of imidazole rings is 1.